The van der Waals surface area contributed by atoms with E-state index in [1.54, 1.807) is 0 Å². The van der Waals surface area contributed by atoms with Crippen LogP contribution in [0.2, 0.25) is 0 Å². The summed E-state index contributed by atoms with van der Waals surface area (Å²) >= 11 is 0. The SMILES string of the molecule is N#Cc1cc(F)cc(C=CC=O)c1. The third-order valence-electron chi connectivity index (χ3n) is 1.42. The van der Waals surface area contributed by atoms with Crippen molar-refractivity contribution in [1.29, 1.82) is 5.26 Å². The molecule has 13 heavy (non-hydrogen) atoms. The number of hydrogen-bond donors (Lipinski definition) is 0. The standard InChI is InChI=1S/C10H6FNO/c11-10-5-8(2-1-3-13)4-9(6-10)7-12/h1-6H. The highest BCUT2D eigenvalue weighted by Crippen LogP contribution is 2.09. The predicted molar refractivity (Wildman–Crippen MR) is 46.2 cm³/mol. The lowest BCUT2D eigenvalue weighted by Gasteiger charge is -1.94. The molecule has 0 saturated heterocycles. The van der Waals surface area contributed by atoms with Crippen molar-refractivity contribution in [3.8, 4) is 6.07 Å². The lowest BCUT2D eigenvalue weighted by Crippen LogP contribution is -1.81. The Balaban J connectivity index is 3.10. The maximum atomic E-state index is 12.8. The fourth-order valence-corrected chi connectivity index (χ4v) is 0.924. The normalized spacial score (nSPS) is 9.85. The Morgan fingerprint density at radius 3 is 2.77 bits per heavy atom. The minimum absolute atomic E-state index is 0.241. The van der Waals surface area contributed by atoms with E-state index >= 15 is 0 Å². The Bertz CT molecular complexity index is 390. The van der Waals surface area contributed by atoms with Gasteiger partial charge in [0.05, 0.1) is 11.6 Å². The number of carbonyl (C=O) groups excluding carboxylic acids is 1. The zero-order valence-electron chi connectivity index (χ0n) is 6.70. The topological polar surface area (TPSA) is 40.9 Å². The van der Waals surface area contributed by atoms with Gasteiger partial charge >= 0.3 is 0 Å². The molecule has 0 radical (unpaired) electrons. The van der Waals surface area contributed by atoms with Crippen LogP contribution in [0.1, 0.15) is 11.1 Å². The number of benzene rings is 1. The first-order chi connectivity index (χ1) is 6.26. The highest BCUT2D eigenvalue weighted by atomic mass is 19.1. The number of halogens is 1. The quantitative estimate of drug-likeness (QED) is 0.508. The van der Waals surface area contributed by atoms with Gasteiger partial charge in [-0.25, -0.2) is 4.39 Å². The fraction of sp³-hybridized carbons (Fsp3) is 0. The summed E-state index contributed by atoms with van der Waals surface area (Å²) < 4.78 is 12.8. The van der Waals surface area contributed by atoms with Gasteiger partial charge in [-0.2, -0.15) is 5.26 Å². The van der Waals surface area contributed by atoms with Gasteiger partial charge in [-0.15, -0.1) is 0 Å². The second-order valence-electron chi connectivity index (χ2n) is 2.38. The van der Waals surface area contributed by atoms with Gasteiger partial charge < -0.3 is 0 Å². The molecule has 1 aromatic rings. The number of hydrogen-bond acceptors (Lipinski definition) is 2. The first kappa shape index (κ1) is 9.14. The van der Waals surface area contributed by atoms with E-state index in [9.17, 15) is 9.18 Å². The molecule has 64 valence electrons. The van der Waals surface area contributed by atoms with Crippen LogP contribution in [0.25, 0.3) is 6.08 Å². The van der Waals surface area contributed by atoms with E-state index in [-0.39, 0.29) is 5.56 Å². The third-order valence-corrected chi connectivity index (χ3v) is 1.42. The number of rotatable bonds is 2. The largest absolute Gasteiger partial charge is 0.299 e. The molecule has 0 aromatic heterocycles. The summed E-state index contributed by atoms with van der Waals surface area (Å²) in [5.41, 5.74) is 0.745. The Morgan fingerprint density at radius 2 is 2.15 bits per heavy atom. The lowest BCUT2D eigenvalue weighted by atomic mass is 10.1. The summed E-state index contributed by atoms with van der Waals surface area (Å²) in [6.07, 6.45) is 3.28. The van der Waals surface area contributed by atoms with Crippen LogP contribution in [0.4, 0.5) is 4.39 Å². The molecule has 0 aliphatic rings. The molecule has 1 aromatic carbocycles. The Morgan fingerprint density at radius 1 is 1.38 bits per heavy atom. The highest BCUT2D eigenvalue weighted by Gasteiger charge is 1.96. The number of aldehydes is 1. The molecular formula is C10H6FNO. The van der Waals surface area contributed by atoms with Crippen LogP contribution < -0.4 is 0 Å². The molecule has 0 unspecified atom stereocenters. The molecule has 0 spiro atoms. The molecule has 0 bridgehead atoms. The smallest absolute Gasteiger partial charge is 0.142 e. The number of nitriles is 1. The molecule has 0 heterocycles. The Labute approximate surface area is 74.9 Å². The van der Waals surface area contributed by atoms with Gasteiger partial charge in [0.25, 0.3) is 0 Å². The number of nitrogens with zero attached hydrogens (tertiary/aromatic N) is 1. The maximum absolute atomic E-state index is 12.8. The van der Waals surface area contributed by atoms with Gasteiger partial charge in [0.1, 0.15) is 12.1 Å². The molecule has 0 saturated carbocycles. The van der Waals surface area contributed by atoms with Crippen LogP contribution in [-0.4, -0.2) is 6.29 Å². The fourth-order valence-electron chi connectivity index (χ4n) is 0.924. The lowest BCUT2D eigenvalue weighted by molar-refractivity contribution is -0.104. The van der Waals surface area contributed by atoms with E-state index in [1.807, 2.05) is 6.07 Å². The van der Waals surface area contributed by atoms with E-state index in [4.69, 9.17) is 5.26 Å². The van der Waals surface area contributed by atoms with Crippen molar-refractivity contribution < 1.29 is 9.18 Å². The van der Waals surface area contributed by atoms with Crippen molar-refractivity contribution in [1.82, 2.24) is 0 Å². The summed E-state index contributed by atoms with van der Waals surface area (Å²) in [4.78, 5) is 9.97. The Hall–Kier alpha value is -1.95. The van der Waals surface area contributed by atoms with E-state index in [1.165, 1.54) is 24.3 Å². The predicted octanol–water partition coefficient (Wildman–Crippen LogP) is 1.91. The van der Waals surface area contributed by atoms with Crippen molar-refractivity contribution in [2.45, 2.75) is 0 Å². The third kappa shape index (κ3) is 2.53. The second kappa shape index (κ2) is 4.17. The zero-order valence-corrected chi connectivity index (χ0v) is 6.70. The molecule has 0 N–H and O–H groups in total. The van der Waals surface area contributed by atoms with Gasteiger partial charge in [-0.1, -0.05) is 6.08 Å². The van der Waals surface area contributed by atoms with Gasteiger partial charge in [-0.05, 0) is 29.8 Å². The van der Waals surface area contributed by atoms with E-state index in [2.05, 4.69) is 0 Å². The van der Waals surface area contributed by atoms with Crippen molar-refractivity contribution in [2.75, 3.05) is 0 Å². The summed E-state index contributed by atoms with van der Waals surface area (Å²) in [6, 6.07) is 5.71. The second-order valence-corrected chi connectivity index (χ2v) is 2.38. The average Bonchev–Trinajstić information content (AvgIpc) is 2.14. The Kier molecular flexibility index (Phi) is 2.93. The monoisotopic (exact) mass is 175 g/mol. The van der Waals surface area contributed by atoms with Gasteiger partial charge in [0.2, 0.25) is 0 Å². The first-order valence-electron chi connectivity index (χ1n) is 3.59. The van der Waals surface area contributed by atoms with Crippen LogP contribution >= 0.6 is 0 Å². The van der Waals surface area contributed by atoms with E-state index in [0.29, 0.717) is 11.8 Å². The molecule has 2 nitrogen and oxygen atoms in total. The van der Waals surface area contributed by atoms with E-state index in [0.717, 1.165) is 6.07 Å². The summed E-state index contributed by atoms with van der Waals surface area (Å²) in [5, 5.41) is 8.50. The summed E-state index contributed by atoms with van der Waals surface area (Å²) in [6.45, 7) is 0. The molecule has 0 amide bonds. The first-order valence-corrected chi connectivity index (χ1v) is 3.59. The molecule has 3 heteroatoms. The molecule has 0 atom stereocenters. The van der Waals surface area contributed by atoms with Crippen molar-refractivity contribution in [2.24, 2.45) is 0 Å². The van der Waals surface area contributed by atoms with Crippen LogP contribution in [-0.2, 0) is 4.79 Å². The van der Waals surface area contributed by atoms with Crippen LogP contribution in [0, 0.1) is 17.1 Å². The van der Waals surface area contributed by atoms with Crippen LogP contribution in [0.3, 0.4) is 0 Å². The number of carbonyl (C=O) groups is 1. The van der Waals surface area contributed by atoms with Crippen molar-refractivity contribution in [3.63, 3.8) is 0 Å². The van der Waals surface area contributed by atoms with Crippen molar-refractivity contribution >= 4 is 12.4 Å². The zero-order chi connectivity index (χ0) is 9.68. The van der Waals surface area contributed by atoms with Gasteiger partial charge in [0.15, 0.2) is 0 Å². The van der Waals surface area contributed by atoms with Crippen LogP contribution in [0.5, 0.6) is 0 Å². The summed E-state index contributed by atoms with van der Waals surface area (Å²) in [7, 11) is 0. The minimum Gasteiger partial charge on any atom is -0.299 e. The number of allylic oxidation sites excluding steroid dienone is 1. The minimum atomic E-state index is -0.482. The molecule has 0 aliphatic heterocycles. The highest BCUT2D eigenvalue weighted by molar-refractivity contribution is 5.74. The molecular weight excluding hydrogens is 169 g/mol. The van der Waals surface area contributed by atoms with Gasteiger partial charge in [-0.3, -0.25) is 4.79 Å². The average molecular weight is 175 g/mol. The molecule has 0 aliphatic carbocycles. The molecule has 1 rings (SSSR count). The van der Waals surface area contributed by atoms with E-state index < -0.39 is 5.82 Å². The van der Waals surface area contributed by atoms with Gasteiger partial charge in [0, 0.05) is 0 Å². The summed E-state index contributed by atoms with van der Waals surface area (Å²) in [5.74, 6) is -0.482. The van der Waals surface area contributed by atoms with Crippen LogP contribution in [0.15, 0.2) is 24.3 Å². The maximum Gasteiger partial charge on any atom is 0.142 e. The van der Waals surface area contributed by atoms with Crippen molar-refractivity contribution in [3.05, 3.63) is 41.2 Å². The molecule has 0 fully saturated rings.